The number of carbonyl (C=O) groups is 1. The highest BCUT2D eigenvalue weighted by molar-refractivity contribution is 8.00. The third-order valence-corrected chi connectivity index (χ3v) is 6.35. The second-order valence-corrected chi connectivity index (χ2v) is 8.76. The summed E-state index contributed by atoms with van der Waals surface area (Å²) < 4.78 is 90.0. The third kappa shape index (κ3) is 5.94. The van der Waals surface area contributed by atoms with E-state index in [1.54, 1.807) is 4.90 Å². The van der Waals surface area contributed by atoms with Crippen LogP contribution in [-0.2, 0) is 4.79 Å². The van der Waals surface area contributed by atoms with Crippen molar-refractivity contribution in [2.45, 2.75) is 27.1 Å². The number of likely N-dealkylation sites (N-methyl/N-ethyl adjacent to an activating group) is 1. The van der Waals surface area contributed by atoms with Gasteiger partial charge in [0.2, 0.25) is 5.91 Å². The molecule has 1 heterocycles. The number of piperazine rings is 1. The molecule has 2 rings (SSSR count). The maximum absolute atomic E-state index is 13.6. The summed E-state index contributed by atoms with van der Waals surface area (Å²) in [5.74, 6) is -6.84. The second-order valence-electron chi connectivity index (χ2n) is 6.55. The SMILES string of the molecule is CN1CCN(C(=O)CSc2ccc(SC(F)(F)C(F)(F)C(F)(F)F)cc2[N+](=O)[O-])CC1. The van der Waals surface area contributed by atoms with Crippen LogP contribution in [-0.4, -0.2) is 77.0 Å². The lowest BCUT2D eigenvalue weighted by atomic mass is 10.3. The van der Waals surface area contributed by atoms with Crippen molar-refractivity contribution in [1.29, 1.82) is 0 Å². The van der Waals surface area contributed by atoms with E-state index in [-0.39, 0.29) is 16.6 Å². The van der Waals surface area contributed by atoms with E-state index >= 15 is 0 Å². The lowest BCUT2D eigenvalue weighted by molar-refractivity contribution is -0.387. The normalized spacial score (nSPS) is 16.5. The van der Waals surface area contributed by atoms with E-state index in [0.717, 1.165) is 23.9 Å². The van der Waals surface area contributed by atoms with E-state index in [4.69, 9.17) is 0 Å². The monoisotopic (exact) mass is 495 g/mol. The van der Waals surface area contributed by atoms with E-state index in [1.807, 2.05) is 11.9 Å². The second kappa shape index (κ2) is 9.40. The Labute approximate surface area is 180 Å². The predicted molar refractivity (Wildman–Crippen MR) is 99.7 cm³/mol. The molecule has 174 valence electrons. The van der Waals surface area contributed by atoms with E-state index in [0.29, 0.717) is 32.2 Å². The zero-order valence-electron chi connectivity index (χ0n) is 15.8. The Bertz CT molecular complexity index is 831. The number of carbonyl (C=O) groups excluding carboxylic acids is 1. The molecule has 1 aliphatic heterocycles. The largest absolute Gasteiger partial charge is 0.460 e. The van der Waals surface area contributed by atoms with Crippen LogP contribution in [0.4, 0.5) is 36.4 Å². The zero-order chi connectivity index (χ0) is 23.6. The molecular weight excluding hydrogens is 479 g/mol. The molecule has 0 atom stereocenters. The molecule has 6 nitrogen and oxygen atoms in total. The highest BCUT2D eigenvalue weighted by Crippen LogP contribution is 2.54. The van der Waals surface area contributed by atoms with Gasteiger partial charge in [-0.25, -0.2) is 0 Å². The topological polar surface area (TPSA) is 66.7 Å². The summed E-state index contributed by atoms with van der Waals surface area (Å²) in [4.78, 5) is 25.1. The first-order valence-electron chi connectivity index (χ1n) is 8.54. The number of nitro groups is 1. The Hall–Kier alpha value is -1.74. The number of amides is 1. The fraction of sp³-hybridized carbons (Fsp3) is 0.562. The Morgan fingerprint density at radius 3 is 2.19 bits per heavy atom. The minimum Gasteiger partial charge on any atom is -0.339 e. The molecule has 0 spiro atoms. The molecule has 1 aliphatic rings. The summed E-state index contributed by atoms with van der Waals surface area (Å²) in [5.41, 5.74) is -0.785. The molecule has 1 amide bonds. The van der Waals surface area contributed by atoms with Gasteiger partial charge in [0, 0.05) is 37.1 Å². The highest BCUT2D eigenvalue weighted by Gasteiger charge is 2.73. The first-order valence-corrected chi connectivity index (χ1v) is 10.3. The zero-order valence-corrected chi connectivity index (χ0v) is 17.4. The first-order chi connectivity index (χ1) is 14.2. The van der Waals surface area contributed by atoms with Crippen LogP contribution in [0.25, 0.3) is 0 Å². The Morgan fingerprint density at radius 1 is 1.10 bits per heavy atom. The van der Waals surface area contributed by atoms with Crippen molar-refractivity contribution < 1.29 is 40.5 Å². The number of hydrogen-bond acceptors (Lipinski definition) is 6. The van der Waals surface area contributed by atoms with Gasteiger partial charge in [-0.05, 0) is 30.9 Å². The molecule has 0 unspecified atom stereocenters. The number of alkyl halides is 7. The van der Waals surface area contributed by atoms with Gasteiger partial charge in [-0.15, -0.1) is 11.8 Å². The molecule has 1 aromatic carbocycles. The van der Waals surface area contributed by atoms with Crippen molar-refractivity contribution in [2.24, 2.45) is 0 Å². The van der Waals surface area contributed by atoms with Gasteiger partial charge in [-0.2, -0.15) is 30.7 Å². The van der Waals surface area contributed by atoms with Crippen LogP contribution >= 0.6 is 23.5 Å². The van der Waals surface area contributed by atoms with Crippen molar-refractivity contribution in [2.75, 3.05) is 39.0 Å². The van der Waals surface area contributed by atoms with Crippen LogP contribution in [0.15, 0.2) is 28.0 Å². The minimum atomic E-state index is -6.51. The summed E-state index contributed by atoms with van der Waals surface area (Å²) in [6.07, 6.45) is -6.51. The third-order valence-electron chi connectivity index (χ3n) is 4.30. The van der Waals surface area contributed by atoms with Crippen LogP contribution in [0.5, 0.6) is 0 Å². The number of thioether (sulfide) groups is 2. The summed E-state index contributed by atoms with van der Waals surface area (Å²) in [6.45, 7) is 2.24. The van der Waals surface area contributed by atoms with Crippen LogP contribution in [0.1, 0.15) is 0 Å². The fourth-order valence-corrected chi connectivity index (χ4v) is 4.24. The van der Waals surface area contributed by atoms with Crippen molar-refractivity contribution in [3.63, 3.8) is 0 Å². The molecule has 15 heteroatoms. The van der Waals surface area contributed by atoms with Gasteiger partial charge in [0.05, 0.1) is 15.6 Å². The van der Waals surface area contributed by atoms with Crippen molar-refractivity contribution >= 4 is 35.1 Å². The summed E-state index contributed by atoms with van der Waals surface area (Å²) in [5, 5.41) is 5.65. The molecule has 1 saturated heterocycles. The van der Waals surface area contributed by atoms with E-state index in [2.05, 4.69) is 0 Å². The molecule has 1 fully saturated rings. The smallest absolute Gasteiger partial charge is 0.339 e. The maximum Gasteiger partial charge on any atom is 0.460 e. The minimum absolute atomic E-state index is 0.109. The number of halogens is 7. The molecule has 1 aromatic rings. The number of nitro benzene ring substituents is 1. The Balaban J connectivity index is 2.14. The molecule has 0 N–H and O–H groups in total. The van der Waals surface area contributed by atoms with E-state index < -0.39 is 44.6 Å². The Morgan fingerprint density at radius 2 is 1.68 bits per heavy atom. The van der Waals surface area contributed by atoms with Crippen molar-refractivity contribution in [3.8, 4) is 0 Å². The first kappa shape index (κ1) is 25.5. The van der Waals surface area contributed by atoms with Gasteiger partial charge in [-0.1, -0.05) is 0 Å². The number of benzene rings is 1. The molecule has 0 radical (unpaired) electrons. The van der Waals surface area contributed by atoms with Gasteiger partial charge in [0.25, 0.3) is 5.69 Å². The molecule has 0 aliphatic carbocycles. The summed E-state index contributed by atoms with van der Waals surface area (Å²) in [6, 6.07) is 2.18. The van der Waals surface area contributed by atoms with Gasteiger partial charge in [0.1, 0.15) is 0 Å². The summed E-state index contributed by atoms with van der Waals surface area (Å²) in [7, 11) is 1.88. The Kier molecular flexibility index (Phi) is 7.74. The van der Waals surface area contributed by atoms with Gasteiger partial charge < -0.3 is 9.80 Å². The molecule has 0 aromatic heterocycles. The predicted octanol–water partition coefficient (Wildman–Crippen LogP) is 4.34. The molecule has 0 saturated carbocycles. The molecule has 0 bridgehead atoms. The lowest BCUT2D eigenvalue weighted by Crippen LogP contribution is -2.49. The fourth-order valence-electron chi connectivity index (χ4n) is 2.49. The van der Waals surface area contributed by atoms with Gasteiger partial charge >= 0.3 is 17.4 Å². The lowest BCUT2D eigenvalue weighted by Gasteiger charge is -2.32. The van der Waals surface area contributed by atoms with E-state index in [1.165, 1.54) is 0 Å². The molecular formula is C16H16F7N3O3S2. The van der Waals surface area contributed by atoms with Gasteiger partial charge in [-0.3, -0.25) is 14.9 Å². The number of rotatable bonds is 7. The number of nitrogens with zero attached hydrogens (tertiary/aromatic N) is 3. The summed E-state index contributed by atoms with van der Waals surface area (Å²) >= 11 is -0.387. The molecule has 31 heavy (non-hydrogen) atoms. The highest BCUT2D eigenvalue weighted by atomic mass is 32.2. The average molecular weight is 495 g/mol. The number of hydrogen-bond donors (Lipinski definition) is 0. The maximum atomic E-state index is 13.6. The standard InChI is InChI=1S/C16H16F7N3O3S2/c1-24-4-6-25(7-5-24)13(27)9-30-12-3-2-10(8-11(12)26(28)29)31-16(22,23)14(17,18)15(19,20)21/h2-3,8H,4-7,9H2,1H3. The average Bonchev–Trinajstić information content (AvgIpc) is 2.65. The van der Waals surface area contributed by atoms with Crippen LogP contribution < -0.4 is 0 Å². The van der Waals surface area contributed by atoms with E-state index in [9.17, 15) is 45.6 Å². The quantitative estimate of drug-likeness (QED) is 0.243. The van der Waals surface area contributed by atoms with Crippen molar-refractivity contribution in [1.82, 2.24) is 9.80 Å². The van der Waals surface area contributed by atoms with Crippen LogP contribution in [0.3, 0.4) is 0 Å². The van der Waals surface area contributed by atoms with Crippen LogP contribution in [0, 0.1) is 10.1 Å². The van der Waals surface area contributed by atoms with Crippen LogP contribution in [0.2, 0.25) is 0 Å². The van der Waals surface area contributed by atoms with Crippen molar-refractivity contribution in [3.05, 3.63) is 28.3 Å². The van der Waals surface area contributed by atoms with Gasteiger partial charge in [0.15, 0.2) is 0 Å².